The van der Waals surface area contributed by atoms with Crippen molar-refractivity contribution in [1.29, 1.82) is 0 Å². The lowest BCUT2D eigenvalue weighted by Gasteiger charge is -2.00. The van der Waals surface area contributed by atoms with E-state index in [9.17, 15) is 0 Å². The summed E-state index contributed by atoms with van der Waals surface area (Å²) in [5.74, 6) is 0.474. The highest BCUT2D eigenvalue weighted by atomic mass is 16.4. The predicted octanol–water partition coefficient (Wildman–Crippen LogP) is 1.29. The number of nitrogens with one attached hydrogen (secondary N) is 1. The van der Waals surface area contributed by atoms with E-state index in [0.29, 0.717) is 5.89 Å². The van der Waals surface area contributed by atoms with Crippen LogP contribution in [-0.2, 0) is 6.42 Å². The first-order valence-electron chi connectivity index (χ1n) is 4.79. The number of hydrogen-bond acceptors (Lipinski definition) is 5. The number of fused-ring (bicyclic) bond motifs is 1. The molecule has 0 bridgehead atoms. The van der Waals surface area contributed by atoms with E-state index in [4.69, 9.17) is 10.2 Å². The van der Waals surface area contributed by atoms with E-state index < -0.39 is 0 Å². The highest BCUT2D eigenvalue weighted by molar-refractivity contribution is 5.65. The zero-order chi connectivity index (χ0) is 10.3. The van der Waals surface area contributed by atoms with Crippen LogP contribution in [0.5, 0.6) is 0 Å². The number of benzene rings is 1. The lowest BCUT2D eigenvalue weighted by atomic mass is 10.1. The molecule has 0 radical (unpaired) electrons. The minimum Gasteiger partial charge on any atom is -0.404 e. The molecule has 1 aliphatic heterocycles. The number of aromatic nitrogens is 2. The maximum Gasteiger partial charge on any atom is 0.313 e. The van der Waals surface area contributed by atoms with E-state index in [2.05, 4.69) is 21.6 Å². The van der Waals surface area contributed by atoms with Gasteiger partial charge in [0.2, 0.25) is 5.89 Å². The van der Waals surface area contributed by atoms with E-state index in [1.165, 1.54) is 11.3 Å². The van der Waals surface area contributed by atoms with Gasteiger partial charge in [-0.15, -0.1) is 5.10 Å². The molecule has 5 heteroatoms. The van der Waals surface area contributed by atoms with Crippen LogP contribution in [-0.4, -0.2) is 16.7 Å². The Morgan fingerprint density at radius 2 is 2.27 bits per heavy atom. The SMILES string of the molecule is Nc1nnc(-c2ccc3c(c2)CCN3)o1. The van der Waals surface area contributed by atoms with Gasteiger partial charge in [-0.25, -0.2) is 0 Å². The standard InChI is InChI=1S/C10H10N4O/c11-10-14-13-9(15-10)7-1-2-8-6(5-7)3-4-12-8/h1-2,5,12H,3-4H2,(H2,11,14). The topological polar surface area (TPSA) is 77.0 Å². The Morgan fingerprint density at radius 3 is 3.07 bits per heavy atom. The maximum atomic E-state index is 5.38. The third kappa shape index (κ3) is 1.32. The molecule has 0 saturated heterocycles. The van der Waals surface area contributed by atoms with Crippen LogP contribution in [0, 0.1) is 0 Å². The van der Waals surface area contributed by atoms with Gasteiger partial charge in [0.1, 0.15) is 0 Å². The highest BCUT2D eigenvalue weighted by Gasteiger charge is 2.13. The molecule has 0 saturated carbocycles. The lowest BCUT2D eigenvalue weighted by Crippen LogP contribution is -1.90. The van der Waals surface area contributed by atoms with Crippen molar-refractivity contribution in [2.24, 2.45) is 0 Å². The Balaban J connectivity index is 2.06. The summed E-state index contributed by atoms with van der Waals surface area (Å²) in [6.45, 7) is 0.991. The van der Waals surface area contributed by atoms with Crippen LogP contribution in [0.2, 0.25) is 0 Å². The molecule has 0 unspecified atom stereocenters. The fraction of sp³-hybridized carbons (Fsp3) is 0.200. The van der Waals surface area contributed by atoms with Gasteiger partial charge in [-0.1, -0.05) is 5.10 Å². The van der Waals surface area contributed by atoms with Gasteiger partial charge in [0.05, 0.1) is 0 Å². The normalized spacial score (nSPS) is 13.6. The van der Waals surface area contributed by atoms with Crippen LogP contribution >= 0.6 is 0 Å². The fourth-order valence-electron chi connectivity index (χ4n) is 1.79. The van der Waals surface area contributed by atoms with Crippen LogP contribution in [0.4, 0.5) is 11.7 Å². The highest BCUT2D eigenvalue weighted by Crippen LogP contribution is 2.27. The van der Waals surface area contributed by atoms with Crippen molar-refractivity contribution in [3.8, 4) is 11.5 Å². The first-order chi connectivity index (χ1) is 7.33. The quantitative estimate of drug-likeness (QED) is 0.728. The molecule has 76 valence electrons. The third-order valence-electron chi connectivity index (χ3n) is 2.50. The number of anilines is 2. The summed E-state index contributed by atoms with van der Waals surface area (Å²) in [5.41, 5.74) is 8.76. The van der Waals surface area contributed by atoms with Crippen molar-refractivity contribution in [3.05, 3.63) is 23.8 Å². The predicted molar refractivity (Wildman–Crippen MR) is 56.3 cm³/mol. The molecule has 5 nitrogen and oxygen atoms in total. The van der Waals surface area contributed by atoms with Crippen molar-refractivity contribution in [2.75, 3.05) is 17.6 Å². The van der Waals surface area contributed by atoms with E-state index >= 15 is 0 Å². The van der Waals surface area contributed by atoms with Crippen LogP contribution in [0.15, 0.2) is 22.6 Å². The second kappa shape index (κ2) is 2.98. The minimum atomic E-state index is 0.101. The largest absolute Gasteiger partial charge is 0.404 e. The van der Waals surface area contributed by atoms with Crippen LogP contribution in [0.3, 0.4) is 0 Å². The summed E-state index contributed by atoms with van der Waals surface area (Å²) < 4.78 is 5.16. The summed E-state index contributed by atoms with van der Waals surface area (Å²) in [6, 6.07) is 6.13. The Labute approximate surface area is 86.3 Å². The molecule has 1 aromatic heterocycles. The molecular weight excluding hydrogens is 192 g/mol. The summed E-state index contributed by atoms with van der Waals surface area (Å²) in [6.07, 6.45) is 1.03. The summed E-state index contributed by atoms with van der Waals surface area (Å²) in [5, 5.41) is 10.8. The van der Waals surface area contributed by atoms with Gasteiger partial charge in [-0.05, 0) is 30.2 Å². The number of nitrogen functional groups attached to an aromatic ring is 1. The average Bonchev–Trinajstić information content (AvgIpc) is 2.84. The maximum absolute atomic E-state index is 5.38. The Bertz CT molecular complexity index is 506. The number of rotatable bonds is 1. The van der Waals surface area contributed by atoms with Crippen LogP contribution in [0.25, 0.3) is 11.5 Å². The van der Waals surface area contributed by atoms with Crippen molar-refractivity contribution >= 4 is 11.7 Å². The van der Waals surface area contributed by atoms with Gasteiger partial charge in [0.15, 0.2) is 0 Å². The Kier molecular flexibility index (Phi) is 1.65. The van der Waals surface area contributed by atoms with Gasteiger partial charge in [0, 0.05) is 17.8 Å². The Hall–Kier alpha value is -2.04. The summed E-state index contributed by atoms with van der Waals surface area (Å²) in [4.78, 5) is 0. The van der Waals surface area contributed by atoms with Gasteiger partial charge < -0.3 is 15.5 Å². The Morgan fingerprint density at radius 1 is 1.33 bits per heavy atom. The molecule has 0 fully saturated rings. The third-order valence-corrected chi connectivity index (χ3v) is 2.50. The average molecular weight is 202 g/mol. The molecule has 3 N–H and O–H groups in total. The number of nitrogens with two attached hydrogens (primary N) is 1. The van der Waals surface area contributed by atoms with Gasteiger partial charge in [-0.2, -0.15) is 0 Å². The zero-order valence-electron chi connectivity index (χ0n) is 8.03. The summed E-state index contributed by atoms with van der Waals surface area (Å²) >= 11 is 0. The van der Waals surface area contributed by atoms with E-state index in [1.807, 2.05) is 12.1 Å². The van der Waals surface area contributed by atoms with Crippen molar-refractivity contribution in [2.45, 2.75) is 6.42 Å². The first kappa shape index (κ1) is 8.28. The molecule has 2 aromatic rings. The number of hydrogen-bond donors (Lipinski definition) is 2. The lowest BCUT2D eigenvalue weighted by molar-refractivity contribution is 0.590. The molecule has 15 heavy (non-hydrogen) atoms. The van der Waals surface area contributed by atoms with Crippen molar-refractivity contribution in [1.82, 2.24) is 10.2 Å². The second-order valence-corrected chi connectivity index (χ2v) is 3.49. The van der Waals surface area contributed by atoms with Gasteiger partial charge in [0.25, 0.3) is 0 Å². The molecular formula is C10H10N4O. The monoisotopic (exact) mass is 202 g/mol. The molecule has 3 rings (SSSR count). The second-order valence-electron chi connectivity index (χ2n) is 3.49. The van der Waals surface area contributed by atoms with Crippen molar-refractivity contribution < 1.29 is 4.42 Å². The molecule has 0 spiro atoms. The smallest absolute Gasteiger partial charge is 0.313 e. The van der Waals surface area contributed by atoms with Crippen molar-refractivity contribution in [3.63, 3.8) is 0 Å². The first-order valence-corrected chi connectivity index (χ1v) is 4.79. The van der Waals surface area contributed by atoms with Crippen LogP contribution in [0.1, 0.15) is 5.56 Å². The minimum absolute atomic E-state index is 0.101. The molecule has 0 aliphatic carbocycles. The molecule has 1 aromatic carbocycles. The fourth-order valence-corrected chi connectivity index (χ4v) is 1.79. The van der Waals surface area contributed by atoms with Gasteiger partial charge in [-0.3, -0.25) is 0 Å². The molecule has 0 atom stereocenters. The molecule has 2 heterocycles. The molecule has 0 amide bonds. The van der Waals surface area contributed by atoms with E-state index in [-0.39, 0.29) is 6.01 Å². The zero-order valence-corrected chi connectivity index (χ0v) is 8.03. The van der Waals surface area contributed by atoms with E-state index in [1.54, 1.807) is 0 Å². The number of nitrogens with zero attached hydrogens (tertiary/aromatic N) is 2. The summed E-state index contributed by atoms with van der Waals surface area (Å²) in [7, 11) is 0. The van der Waals surface area contributed by atoms with Gasteiger partial charge >= 0.3 is 6.01 Å². The van der Waals surface area contributed by atoms with E-state index in [0.717, 1.165) is 18.5 Å². The van der Waals surface area contributed by atoms with Crippen LogP contribution < -0.4 is 11.1 Å². The molecule has 1 aliphatic rings.